The molecule has 0 radical (unpaired) electrons. The van der Waals surface area contributed by atoms with Gasteiger partial charge in [-0.1, -0.05) is 18.2 Å². The number of anilines is 1. The molecule has 2 aromatic rings. The number of hydrogen-bond acceptors (Lipinski definition) is 4. The summed E-state index contributed by atoms with van der Waals surface area (Å²) in [5, 5.41) is 6.47. The molecule has 0 aliphatic rings. The van der Waals surface area contributed by atoms with E-state index in [4.69, 9.17) is 0 Å². The molecule has 20 heavy (non-hydrogen) atoms. The van der Waals surface area contributed by atoms with E-state index < -0.39 is 12.6 Å². The number of thiazole rings is 1. The van der Waals surface area contributed by atoms with Gasteiger partial charge < -0.3 is 0 Å². The Morgan fingerprint density at radius 1 is 1.40 bits per heavy atom. The van der Waals surface area contributed by atoms with Crippen molar-refractivity contribution in [3.63, 3.8) is 0 Å². The van der Waals surface area contributed by atoms with Gasteiger partial charge in [-0.15, -0.1) is 11.3 Å². The maximum Gasteiger partial charge on any atom is 0.393 e. The zero-order chi connectivity index (χ0) is 14.6. The average Bonchev–Trinajstić information content (AvgIpc) is 2.73. The van der Waals surface area contributed by atoms with Crippen molar-refractivity contribution in [1.82, 2.24) is 4.98 Å². The summed E-state index contributed by atoms with van der Waals surface area (Å²) in [6, 6.07) is 6.18. The van der Waals surface area contributed by atoms with Gasteiger partial charge in [0.1, 0.15) is 0 Å². The molecular weight excluding hydrogens is 287 g/mol. The number of benzene rings is 1. The predicted octanol–water partition coefficient (Wildman–Crippen LogP) is 4.00. The van der Waals surface area contributed by atoms with Crippen LogP contribution in [0.2, 0.25) is 0 Å². The SMILES string of the molecule is Cc1csc(NN=Cc2cccc(CC(F)(F)F)c2)n1. The number of hydrazone groups is 1. The number of halogens is 3. The van der Waals surface area contributed by atoms with Gasteiger partial charge in [0, 0.05) is 5.38 Å². The Morgan fingerprint density at radius 2 is 2.20 bits per heavy atom. The molecule has 7 heteroatoms. The standard InChI is InChI=1S/C13H12F3N3S/c1-9-8-20-12(18-9)19-17-7-11-4-2-3-10(5-11)6-13(14,15)16/h2-5,7-8H,6H2,1H3,(H,18,19). The molecule has 2 rings (SSSR count). The van der Waals surface area contributed by atoms with Crippen LogP contribution in [-0.2, 0) is 6.42 Å². The van der Waals surface area contributed by atoms with Gasteiger partial charge in [-0.25, -0.2) is 4.98 Å². The van der Waals surface area contributed by atoms with Crippen molar-refractivity contribution in [3.05, 3.63) is 46.5 Å². The zero-order valence-corrected chi connectivity index (χ0v) is 11.4. The first-order valence-electron chi connectivity index (χ1n) is 5.79. The Labute approximate surface area is 118 Å². The minimum absolute atomic E-state index is 0.214. The smallest absolute Gasteiger partial charge is 0.253 e. The molecule has 1 aromatic carbocycles. The predicted molar refractivity (Wildman–Crippen MR) is 74.3 cm³/mol. The van der Waals surface area contributed by atoms with E-state index in [1.54, 1.807) is 12.1 Å². The maximum atomic E-state index is 12.3. The quantitative estimate of drug-likeness (QED) is 0.684. The van der Waals surface area contributed by atoms with Crippen LogP contribution in [0.5, 0.6) is 0 Å². The second-order valence-electron chi connectivity index (χ2n) is 4.20. The summed E-state index contributed by atoms with van der Waals surface area (Å²) in [7, 11) is 0. The molecular formula is C13H12F3N3S. The number of aromatic nitrogens is 1. The molecule has 0 bridgehead atoms. The minimum Gasteiger partial charge on any atom is -0.253 e. The first kappa shape index (κ1) is 14.5. The third-order valence-electron chi connectivity index (χ3n) is 2.35. The molecule has 0 spiro atoms. The van der Waals surface area contributed by atoms with E-state index in [1.807, 2.05) is 12.3 Å². The van der Waals surface area contributed by atoms with Crippen molar-refractivity contribution in [3.8, 4) is 0 Å². The van der Waals surface area contributed by atoms with E-state index in [9.17, 15) is 13.2 Å². The van der Waals surface area contributed by atoms with Gasteiger partial charge in [-0.2, -0.15) is 18.3 Å². The molecule has 0 aliphatic heterocycles. The summed E-state index contributed by atoms with van der Waals surface area (Å²) in [4.78, 5) is 4.15. The normalized spacial score (nSPS) is 12.0. The van der Waals surface area contributed by atoms with Crippen LogP contribution in [0, 0.1) is 6.92 Å². The van der Waals surface area contributed by atoms with E-state index in [0.717, 1.165) is 5.69 Å². The molecule has 3 nitrogen and oxygen atoms in total. The molecule has 0 saturated heterocycles. The second-order valence-corrected chi connectivity index (χ2v) is 5.06. The lowest BCUT2D eigenvalue weighted by Crippen LogP contribution is -2.11. The number of rotatable bonds is 4. The largest absolute Gasteiger partial charge is 0.393 e. The minimum atomic E-state index is -4.20. The summed E-state index contributed by atoms with van der Waals surface area (Å²) in [5.74, 6) is 0. The van der Waals surface area contributed by atoms with Gasteiger partial charge in [-0.3, -0.25) is 5.43 Å². The summed E-state index contributed by atoms with van der Waals surface area (Å²) in [6.45, 7) is 1.87. The molecule has 0 fully saturated rings. The highest BCUT2D eigenvalue weighted by Gasteiger charge is 2.27. The van der Waals surface area contributed by atoms with Crippen molar-refractivity contribution in [1.29, 1.82) is 0 Å². The number of aryl methyl sites for hydroxylation is 1. The second kappa shape index (κ2) is 6.04. The van der Waals surface area contributed by atoms with Crippen LogP contribution in [-0.4, -0.2) is 17.4 Å². The Balaban J connectivity index is 2.00. The molecule has 1 heterocycles. The van der Waals surface area contributed by atoms with E-state index >= 15 is 0 Å². The lowest BCUT2D eigenvalue weighted by Gasteiger charge is -2.06. The van der Waals surface area contributed by atoms with E-state index in [1.165, 1.54) is 29.7 Å². The molecule has 1 N–H and O–H groups in total. The van der Waals surface area contributed by atoms with Gasteiger partial charge in [0.15, 0.2) is 0 Å². The summed E-state index contributed by atoms with van der Waals surface area (Å²) in [5.41, 5.74) is 4.44. The molecule has 0 atom stereocenters. The summed E-state index contributed by atoms with van der Waals surface area (Å²) >= 11 is 1.41. The van der Waals surface area contributed by atoms with Crippen LogP contribution in [0.25, 0.3) is 0 Å². The summed E-state index contributed by atoms with van der Waals surface area (Å²) < 4.78 is 36.9. The van der Waals surface area contributed by atoms with Crippen LogP contribution in [0.15, 0.2) is 34.7 Å². The fourth-order valence-electron chi connectivity index (χ4n) is 1.58. The number of alkyl halides is 3. The summed E-state index contributed by atoms with van der Waals surface area (Å²) in [6.07, 6.45) is -3.67. The Hall–Kier alpha value is -1.89. The third kappa shape index (κ3) is 4.65. The van der Waals surface area contributed by atoms with Gasteiger partial charge in [0.2, 0.25) is 5.13 Å². The van der Waals surface area contributed by atoms with E-state index in [2.05, 4.69) is 15.5 Å². The zero-order valence-electron chi connectivity index (χ0n) is 10.6. The topological polar surface area (TPSA) is 37.3 Å². The van der Waals surface area contributed by atoms with Crippen LogP contribution >= 0.6 is 11.3 Å². The van der Waals surface area contributed by atoms with Gasteiger partial charge in [-0.05, 0) is 24.1 Å². The van der Waals surface area contributed by atoms with E-state index in [0.29, 0.717) is 10.7 Å². The average molecular weight is 299 g/mol. The maximum absolute atomic E-state index is 12.3. The van der Waals surface area contributed by atoms with Crippen molar-refractivity contribution >= 4 is 22.7 Å². The molecule has 0 amide bonds. The van der Waals surface area contributed by atoms with Gasteiger partial charge in [0.25, 0.3) is 0 Å². The number of nitrogens with one attached hydrogen (secondary N) is 1. The van der Waals surface area contributed by atoms with Crippen molar-refractivity contribution in [2.75, 3.05) is 5.43 Å². The highest BCUT2D eigenvalue weighted by molar-refractivity contribution is 7.13. The Bertz CT molecular complexity index is 605. The lowest BCUT2D eigenvalue weighted by atomic mass is 10.1. The molecule has 1 aromatic heterocycles. The first-order chi connectivity index (χ1) is 9.42. The molecule has 0 unspecified atom stereocenters. The van der Waals surface area contributed by atoms with Crippen LogP contribution < -0.4 is 5.43 Å². The van der Waals surface area contributed by atoms with Crippen LogP contribution in [0.1, 0.15) is 16.8 Å². The highest BCUT2D eigenvalue weighted by Crippen LogP contribution is 2.21. The van der Waals surface area contributed by atoms with Crippen molar-refractivity contribution in [2.45, 2.75) is 19.5 Å². The Kier molecular flexibility index (Phi) is 4.39. The molecule has 0 aliphatic carbocycles. The fraction of sp³-hybridized carbons (Fsp3) is 0.231. The van der Waals surface area contributed by atoms with Gasteiger partial charge in [0.05, 0.1) is 18.3 Å². The van der Waals surface area contributed by atoms with Crippen LogP contribution in [0.3, 0.4) is 0 Å². The first-order valence-corrected chi connectivity index (χ1v) is 6.67. The van der Waals surface area contributed by atoms with E-state index in [-0.39, 0.29) is 5.56 Å². The van der Waals surface area contributed by atoms with Gasteiger partial charge >= 0.3 is 6.18 Å². The Morgan fingerprint density at radius 3 is 2.85 bits per heavy atom. The lowest BCUT2D eigenvalue weighted by molar-refractivity contribution is -0.127. The highest BCUT2D eigenvalue weighted by atomic mass is 32.1. The van der Waals surface area contributed by atoms with Crippen molar-refractivity contribution < 1.29 is 13.2 Å². The monoisotopic (exact) mass is 299 g/mol. The molecule has 0 saturated carbocycles. The molecule has 106 valence electrons. The van der Waals surface area contributed by atoms with Crippen molar-refractivity contribution in [2.24, 2.45) is 5.10 Å². The number of nitrogens with zero attached hydrogens (tertiary/aromatic N) is 2. The fourth-order valence-corrected chi connectivity index (χ4v) is 2.22. The number of hydrogen-bond donors (Lipinski definition) is 1. The van der Waals surface area contributed by atoms with Crippen LogP contribution in [0.4, 0.5) is 18.3 Å². The third-order valence-corrected chi connectivity index (χ3v) is 3.21.